The zero-order valence-electron chi connectivity index (χ0n) is 9.99. The summed E-state index contributed by atoms with van der Waals surface area (Å²) in [6, 6.07) is 4.87. The molecule has 0 aliphatic rings. The fourth-order valence-corrected chi connectivity index (χ4v) is 1.01. The van der Waals surface area contributed by atoms with E-state index in [0.717, 1.165) is 11.8 Å². The van der Waals surface area contributed by atoms with Gasteiger partial charge < -0.3 is 16.1 Å². The molecule has 1 radical (unpaired) electrons. The van der Waals surface area contributed by atoms with E-state index in [2.05, 4.69) is 36.7 Å². The summed E-state index contributed by atoms with van der Waals surface area (Å²) in [6.45, 7) is 4.17. The molecular weight excluding hydrogens is 287 g/mol. The first-order valence-electron chi connectivity index (χ1n) is 4.99. The number of aromatic nitrogens is 1. The van der Waals surface area contributed by atoms with Crippen LogP contribution in [-0.4, -0.2) is 11.2 Å². The van der Waals surface area contributed by atoms with Gasteiger partial charge >= 0.3 is 0 Å². The second-order valence-electron chi connectivity index (χ2n) is 3.56. The third kappa shape index (κ3) is 5.25. The predicted octanol–water partition coefficient (Wildman–Crippen LogP) is 1.85. The third-order valence-electron chi connectivity index (χ3n) is 2.01. The van der Waals surface area contributed by atoms with Gasteiger partial charge in [-0.25, -0.2) is 0 Å². The Morgan fingerprint density at radius 2 is 2.29 bits per heavy atom. The van der Waals surface area contributed by atoms with Crippen LogP contribution in [0.25, 0.3) is 0 Å². The van der Waals surface area contributed by atoms with Gasteiger partial charge in [-0.1, -0.05) is 26.0 Å². The molecule has 0 bridgehead atoms. The van der Waals surface area contributed by atoms with Crippen molar-refractivity contribution in [3.8, 4) is 11.8 Å². The number of hydrogen-bond acceptors (Lipinski definition) is 3. The summed E-state index contributed by atoms with van der Waals surface area (Å²) in [5.74, 6) is 5.98. The van der Waals surface area contributed by atoms with Crippen LogP contribution in [0.15, 0.2) is 24.0 Å². The van der Waals surface area contributed by atoms with Crippen molar-refractivity contribution in [1.29, 1.82) is 5.41 Å². The van der Waals surface area contributed by atoms with Crippen molar-refractivity contribution < 1.29 is 32.7 Å². The van der Waals surface area contributed by atoms with E-state index in [-0.39, 0.29) is 32.7 Å². The minimum absolute atomic E-state index is 0. The monoisotopic (exact) mass is 301 g/mol. The second kappa shape index (κ2) is 8.16. The van der Waals surface area contributed by atoms with E-state index < -0.39 is 0 Å². The minimum atomic E-state index is 0. The van der Waals surface area contributed by atoms with Gasteiger partial charge in [-0.15, -0.1) is 17.6 Å². The Morgan fingerprint density at radius 3 is 2.71 bits per heavy atom. The van der Waals surface area contributed by atoms with Crippen molar-refractivity contribution in [2.75, 3.05) is 0 Å². The Morgan fingerprint density at radius 1 is 1.59 bits per heavy atom. The molecule has 0 atom stereocenters. The standard InChI is InChI=1S/C13H14N3.Y/c1-10(2)12-4-6-13(16-9-12)5-3-11(7-14)8-15;/h6-10,14H,15H2,1-2H3;/q-1;/b11-8-,14-7?;. The maximum atomic E-state index is 7.01. The van der Waals surface area contributed by atoms with E-state index in [1.165, 1.54) is 6.20 Å². The molecule has 0 saturated heterocycles. The maximum Gasteiger partial charge on any atom is 0.0568 e. The summed E-state index contributed by atoms with van der Waals surface area (Å²) in [7, 11) is 0. The molecule has 1 rings (SSSR count). The van der Waals surface area contributed by atoms with Gasteiger partial charge in [0.25, 0.3) is 0 Å². The van der Waals surface area contributed by atoms with Crippen LogP contribution in [0.5, 0.6) is 0 Å². The summed E-state index contributed by atoms with van der Waals surface area (Å²) < 4.78 is 0. The van der Waals surface area contributed by atoms with E-state index in [9.17, 15) is 0 Å². The van der Waals surface area contributed by atoms with E-state index in [1.807, 2.05) is 0 Å². The third-order valence-corrected chi connectivity index (χ3v) is 2.01. The summed E-state index contributed by atoms with van der Waals surface area (Å²) in [4.78, 5) is 4.19. The van der Waals surface area contributed by atoms with Crippen LogP contribution in [0.2, 0.25) is 0 Å². The van der Waals surface area contributed by atoms with Crippen molar-refractivity contribution >= 4 is 6.21 Å². The fourth-order valence-electron chi connectivity index (χ4n) is 1.01. The predicted molar refractivity (Wildman–Crippen MR) is 65.1 cm³/mol. The molecule has 0 amide bonds. The van der Waals surface area contributed by atoms with Crippen molar-refractivity contribution in [3.63, 3.8) is 0 Å². The van der Waals surface area contributed by atoms with Crippen molar-refractivity contribution in [1.82, 2.24) is 4.98 Å². The van der Waals surface area contributed by atoms with Gasteiger partial charge in [0.15, 0.2) is 0 Å². The minimum Gasteiger partial charge on any atom is -0.404 e. The molecule has 0 fully saturated rings. The van der Waals surface area contributed by atoms with Crippen molar-refractivity contribution in [2.24, 2.45) is 5.73 Å². The normalized spacial score (nSPS) is 10.2. The molecule has 0 aromatic carbocycles. The first-order valence-corrected chi connectivity index (χ1v) is 4.99. The first kappa shape index (κ1) is 16.0. The Balaban J connectivity index is 0.00000256. The van der Waals surface area contributed by atoms with Gasteiger partial charge in [0.2, 0.25) is 0 Å². The topological polar surface area (TPSA) is 62.8 Å². The average molecular weight is 301 g/mol. The molecule has 1 aromatic heterocycles. The summed E-state index contributed by atoms with van der Waals surface area (Å²) in [5, 5.41) is 7.01. The molecule has 0 aliphatic heterocycles. The molecule has 4 heteroatoms. The smallest absolute Gasteiger partial charge is 0.0568 e. The van der Waals surface area contributed by atoms with E-state index in [0.29, 0.717) is 17.2 Å². The SMILES string of the molecule is CC(C)c1[c-]cc(C#C/C(C=N)=C/N)nc1.[Y]. The molecule has 1 aromatic rings. The molecule has 17 heavy (non-hydrogen) atoms. The molecule has 1 heterocycles. The number of rotatable bonds is 2. The molecule has 85 valence electrons. The Kier molecular flexibility index (Phi) is 7.70. The number of nitrogens with two attached hydrogens (primary N) is 1. The van der Waals surface area contributed by atoms with Gasteiger partial charge in [-0.05, 0) is 11.6 Å². The molecule has 3 N–H and O–H groups in total. The summed E-state index contributed by atoms with van der Waals surface area (Å²) in [5.41, 5.74) is 7.43. The largest absolute Gasteiger partial charge is 0.404 e. The van der Waals surface area contributed by atoms with Crippen LogP contribution in [0.1, 0.15) is 31.0 Å². The zero-order valence-corrected chi connectivity index (χ0v) is 12.8. The average Bonchev–Trinajstić information content (AvgIpc) is 2.31. The fraction of sp³-hybridized carbons (Fsp3) is 0.231. The van der Waals surface area contributed by atoms with Crippen LogP contribution in [-0.2, 0) is 32.7 Å². The van der Waals surface area contributed by atoms with Gasteiger partial charge in [0, 0.05) is 45.1 Å². The van der Waals surface area contributed by atoms with Gasteiger partial charge in [0.1, 0.15) is 0 Å². The van der Waals surface area contributed by atoms with Crippen LogP contribution < -0.4 is 5.73 Å². The Bertz CT molecular complexity index is 450. The van der Waals surface area contributed by atoms with Crippen molar-refractivity contribution in [2.45, 2.75) is 19.8 Å². The Hall–Kier alpha value is -0.976. The maximum absolute atomic E-state index is 7.01. The number of nitrogens with zero attached hydrogens (tertiary/aromatic N) is 1. The zero-order chi connectivity index (χ0) is 12.0. The van der Waals surface area contributed by atoms with Crippen LogP contribution in [0.4, 0.5) is 0 Å². The number of nitrogens with one attached hydrogen (secondary N) is 1. The molecule has 0 spiro atoms. The summed E-state index contributed by atoms with van der Waals surface area (Å²) >= 11 is 0. The quantitative estimate of drug-likeness (QED) is 0.497. The van der Waals surface area contributed by atoms with Gasteiger partial charge in [0.05, 0.1) is 5.57 Å². The van der Waals surface area contributed by atoms with Crippen LogP contribution in [0, 0.1) is 23.3 Å². The molecule has 0 saturated carbocycles. The van der Waals surface area contributed by atoms with E-state index >= 15 is 0 Å². The van der Waals surface area contributed by atoms with Gasteiger partial charge in [-0.2, -0.15) is 6.07 Å². The number of allylic oxidation sites excluding steroid dienone is 1. The Labute approximate surface area is 127 Å². The second-order valence-corrected chi connectivity index (χ2v) is 3.56. The van der Waals surface area contributed by atoms with Gasteiger partial charge in [-0.3, -0.25) is 0 Å². The van der Waals surface area contributed by atoms with Crippen LogP contribution >= 0.6 is 0 Å². The molecular formula is C13H14N3Y-. The van der Waals surface area contributed by atoms with Crippen LogP contribution in [0.3, 0.4) is 0 Å². The first-order chi connectivity index (χ1) is 7.67. The van der Waals surface area contributed by atoms with E-state index in [4.69, 9.17) is 11.1 Å². The molecule has 0 unspecified atom stereocenters. The number of pyridine rings is 1. The van der Waals surface area contributed by atoms with E-state index in [1.54, 1.807) is 12.3 Å². The number of hydrogen-bond donors (Lipinski definition) is 2. The molecule has 0 aliphatic carbocycles. The van der Waals surface area contributed by atoms with Crippen molar-refractivity contribution in [3.05, 3.63) is 41.4 Å². The summed E-state index contributed by atoms with van der Waals surface area (Å²) in [6.07, 6.45) is 4.18. The molecule has 3 nitrogen and oxygen atoms in total.